The van der Waals surface area contributed by atoms with E-state index in [1.807, 2.05) is 12.1 Å². The molecule has 0 radical (unpaired) electrons. The zero-order chi connectivity index (χ0) is 16.2. The van der Waals surface area contributed by atoms with E-state index in [0.29, 0.717) is 12.6 Å². The van der Waals surface area contributed by atoms with Gasteiger partial charge in [-0.05, 0) is 25.1 Å². The Kier molecular flexibility index (Phi) is 9.14. The van der Waals surface area contributed by atoms with E-state index < -0.39 is 0 Å². The van der Waals surface area contributed by atoms with Gasteiger partial charge in [0.25, 0.3) is 0 Å². The number of amidine groups is 1. The van der Waals surface area contributed by atoms with Crippen LogP contribution in [0.3, 0.4) is 0 Å². The number of rotatable bonds is 5. The fourth-order valence-corrected chi connectivity index (χ4v) is 2.43. The highest BCUT2D eigenvalue weighted by Gasteiger charge is 2.12. The number of benzene rings is 1. The standard InChI is InChI=1S/C15H24N4O.C2H4/c1-20-12-18-15(16)14-6-3-2-5-13(14)11-19-9-4-7-17-8-10-19;1-2/h2-3,5-6,17H,4,7-12H2,1H3,(H2,16,18);1-2H2. The zero-order valence-corrected chi connectivity index (χ0v) is 13.6. The smallest absolute Gasteiger partial charge is 0.139 e. The van der Waals surface area contributed by atoms with Crippen LogP contribution < -0.4 is 11.1 Å². The molecule has 0 atom stereocenters. The summed E-state index contributed by atoms with van der Waals surface area (Å²) in [6.45, 7) is 11.6. The van der Waals surface area contributed by atoms with Gasteiger partial charge < -0.3 is 15.8 Å². The van der Waals surface area contributed by atoms with Crippen molar-refractivity contribution < 1.29 is 4.74 Å². The maximum atomic E-state index is 6.06. The van der Waals surface area contributed by atoms with Crippen LogP contribution in [-0.2, 0) is 11.3 Å². The number of ether oxygens (including phenoxy) is 1. The third kappa shape index (κ3) is 5.97. The summed E-state index contributed by atoms with van der Waals surface area (Å²) in [6.07, 6.45) is 1.19. The largest absolute Gasteiger partial charge is 0.383 e. The van der Waals surface area contributed by atoms with Gasteiger partial charge in [-0.25, -0.2) is 4.99 Å². The molecule has 0 aromatic heterocycles. The molecule has 3 N–H and O–H groups in total. The highest BCUT2D eigenvalue weighted by molar-refractivity contribution is 5.98. The third-order valence-electron chi connectivity index (χ3n) is 3.48. The Morgan fingerprint density at radius 2 is 2.09 bits per heavy atom. The Morgan fingerprint density at radius 1 is 1.32 bits per heavy atom. The zero-order valence-electron chi connectivity index (χ0n) is 13.6. The molecule has 0 aliphatic carbocycles. The fourth-order valence-electron chi connectivity index (χ4n) is 2.43. The lowest BCUT2D eigenvalue weighted by molar-refractivity contribution is 0.209. The maximum absolute atomic E-state index is 6.06. The van der Waals surface area contributed by atoms with Crippen LogP contribution >= 0.6 is 0 Å². The van der Waals surface area contributed by atoms with E-state index >= 15 is 0 Å². The molecule has 5 nitrogen and oxygen atoms in total. The first-order valence-electron chi connectivity index (χ1n) is 7.61. The molecule has 1 saturated heterocycles. The van der Waals surface area contributed by atoms with Crippen LogP contribution in [0.25, 0.3) is 0 Å². The normalized spacial score (nSPS) is 16.5. The Hall–Kier alpha value is -1.69. The van der Waals surface area contributed by atoms with E-state index in [-0.39, 0.29) is 0 Å². The van der Waals surface area contributed by atoms with Crippen LogP contribution in [0.4, 0.5) is 0 Å². The topological polar surface area (TPSA) is 62.9 Å². The lowest BCUT2D eigenvalue weighted by Crippen LogP contribution is -2.29. The van der Waals surface area contributed by atoms with Crippen LogP contribution in [-0.4, -0.2) is 50.8 Å². The van der Waals surface area contributed by atoms with Gasteiger partial charge in [0, 0.05) is 32.3 Å². The summed E-state index contributed by atoms with van der Waals surface area (Å²) >= 11 is 0. The van der Waals surface area contributed by atoms with Crippen molar-refractivity contribution >= 4 is 5.84 Å². The van der Waals surface area contributed by atoms with Gasteiger partial charge >= 0.3 is 0 Å². The lowest BCUT2D eigenvalue weighted by atomic mass is 10.1. The van der Waals surface area contributed by atoms with Gasteiger partial charge in [-0.15, -0.1) is 13.2 Å². The maximum Gasteiger partial charge on any atom is 0.139 e. The molecule has 1 fully saturated rings. The molecular weight excluding hydrogens is 276 g/mol. The van der Waals surface area contributed by atoms with E-state index in [1.54, 1.807) is 7.11 Å². The second-order valence-electron chi connectivity index (χ2n) is 5.00. The van der Waals surface area contributed by atoms with Crippen LogP contribution in [0.1, 0.15) is 17.5 Å². The first kappa shape index (κ1) is 18.4. The molecule has 5 heteroatoms. The van der Waals surface area contributed by atoms with Gasteiger partial charge in [0.1, 0.15) is 12.6 Å². The summed E-state index contributed by atoms with van der Waals surface area (Å²) in [7, 11) is 1.62. The molecule has 1 aliphatic rings. The SMILES string of the molecule is C=C.COC/N=C(/N)c1ccccc1CN1CCCNCC1. The monoisotopic (exact) mass is 304 g/mol. The van der Waals surface area contributed by atoms with Gasteiger partial charge in [-0.3, -0.25) is 4.90 Å². The van der Waals surface area contributed by atoms with Gasteiger partial charge in [0.15, 0.2) is 0 Å². The first-order valence-corrected chi connectivity index (χ1v) is 7.61. The molecule has 1 aliphatic heterocycles. The number of nitrogens with zero attached hydrogens (tertiary/aromatic N) is 2. The Labute approximate surface area is 133 Å². The molecule has 0 amide bonds. The predicted molar refractivity (Wildman–Crippen MR) is 93.1 cm³/mol. The van der Waals surface area contributed by atoms with Crippen molar-refractivity contribution in [1.29, 1.82) is 0 Å². The molecule has 1 heterocycles. The second kappa shape index (κ2) is 11.0. The van der Waals surface area contributed by atoms with Gasteiger partial charge in [-0.2, -0.15) is 0 Å². The number of methoxy groups -OCH3 is 1. The summed E-state index contributed by atoms with van der Waals surface area (Å²) in [5.41, 5.74) is 8.30. The van der Waals surface area contributed by atoms with Crippen molar-refractivity contribution in [1.82, 2.24) is 10.2 Å². The first-order chi connectivity index (χ1) is 10.8. The Bertz CT molecular complexity index is 454. The van der Waals surface area contributed by atoms with Crippen LogP contribution in [0.2, 0.25) is 0 Å². The fraction of sp³-hybridized carbons (Fsp3) is 0.471. The molecule has 122 valence electrons. The molecule has 1 aromatic rings. The minimum absolute atomic E-state index is 0.299. The van der Waals surface area contributed by atoms with Crippen molar-refractivity contribution in [2.75, 3.05) is 40.0 Å². The van der Waals surface area contributed by atoms with Gasteiger partial charge in [0.05, 0.1) is 0 Å². The minimum Gasteiger partial charge on any atom is -0.383 e. The summed E-state index contributed by atoms with van der Waals surface area (Å²) in [4.78, 5) is 6.69. The third-order valence-corrected chi connectivity index (χ3v) is 3.48. The summed E-state index contributed by atoms with van der Waals surface area (Å²) in [6, 6.07) is 8.21. The van der Waals surface area contributed by atoms with Crippen molar-refractivity contribution in [3.05, 3.63) is 48.6 Å². The van der Waals surface area contributed by atoms with Crippen molar-refractivity contribution in [2.45, 2.75) is 13.0 Å². The second-order valence-corrected chi connectivity index (χ2v) is 5.00. The number of aliphatic imine (C=N–C) groups is 1. The van der Waals surface area contributed by atoms with Crippen LogP contribution in [0, 0.1) is 0 Å². The van der Waals surface area contributed by atoms with Gasteiger partial charge in [-0.1, -0.05) is 24.3 Å². The number of hydrogen-bond donors (Lipinski definition) is 2. The molecule has 0 unspecified atom stereocenters. The van der Waals surface area contributed by atoms with E-state index in [4.69, 9.17) is 10.5 Å². The number of nitrogens with two attached hydrogens (primary N) is 1. The number of hydrogen-bond acceptors (Lipinski definition) is 4. The predicted octanol–water partition coefficient (Wildman–Crippen LogP) is 1.59. The van der Waals surface area contributed by atoms with Crippen LogP contribution in [0.15, 0.2) is 42.4 Å². The lowest BCUT2D eigenvalue weighted by Gasteiger charge is -2.21. The molecule has 22 heavy (non-hydrogen) atoms. The summed E-state index contributed by atoms with van der Waals surface area (Å²) < 4.78 is 4.95. The minimum atomic E-state index is 0.299. The van der Waals surface area contributed by atoms with Crippen molar-refractivity contribution in [3.63, 3.8) is 0 Å². The Balaban J connectivity index is 0.00000116. The molecule has 2 rings (SSSR count). The molecule has 0 saturated carbocycles. The average Bonchev–Trinajstić information content (AvgIpc) is 2.84. The van der Waals surface area contributed by atoms with Crippen molar-refractivity contribution in [2.24, 2.45) is 10.7 Å². The van der Waals surface area contributed by atoms with E-state index in [9.17, 15) is 0 Å². The van der Waals surface area contributed by atoms with E-state index in [0.717, 1.165) is 38.3 Å². The molecule has 0 spiro atoms. The average molecular weight is 304 g/mol. The highest BCUT2D eigenvalue weighted by Crippen LogP contribution is 2.12. The molecular formula is C17H28N4O. The summed E-state index contributed by atoms with van der Waals surface area (Å²) in [5.74, 6) is 0.551. The number of nitrogens with one attached hydrogen (secondary N) is 1. The van der Waals surface area contributed by atoms with Crippen LogP contribution in [0.5, 0.6) is 0 Å². The quantitative estimate of drug-likeness (QED) is 0.493. The van der Waals surface area contributed by atoms with Gasteiger partial charge in [0.2, 0.25) is 0 Å². The Morgan fingerprint density at radius 3 is 2.86 bits per heavy atom. The molecule has 0 bridgehead atoms. The van der Waals surface area contributed by atoms with Crippen molar-refractivity contribution in [3.8, 4) is 0 Å². The van der Waals surface area contributed by atoms with E-state index in [2.05, 4.69) is 40.5 Å². The summed E-state index contributed by atoms with van der Waals surface area (Å²) in [5, 5.41) is 3.42. The highest BCUT2D eigenvalue weighted by atomic mass is 16.5. The molecule has 1 aromatic carbocycles. The van der Waals surface area contributed by atoms with E-state index in [1.165, 1.54) is 12.0 Å².